The van der Waals surface area contributed by atoms with E-state index in [-0.39, 0.29) is 31.6 Å². The van der Waals surface area contributed by atoms with E-state index in [1.165, 1.54) is 12.1 Å². The van der Waals surface area contributed by atoms with Gasteiger partial charge in [-0.05, 0) is 42.5 Å². The molecule has 1 aliphatic heterocycles. The fourth-order valence-corrected chi connectivity index (χ4v) is 4.77. The molecule has 1 aliphatic rings. The van der Waals surface area contributed by atoms with E-state index in [0.717, 1.165) is 4.90 Å². The Bertz CT molecular complexity index is 1360. The number of aromatic hydroxyl groups is 1. The van der Waals surface area contributed by atoms with E-state index in [9.17, 15) is 44.1 Å². The fraction of sp³-hybridized carbons (Fsp3) is 0.400. The molecule has 0 spiro atoms. The number of aliphatic carboxylic acids is 1. The number of amides is 5. The Hall–Kier alpha value is -5.02. The van der Waals surface area contributed by atoms with E-state index >= 15 is 0 Å². The molecule has 0 bridgehead atoms. The van der Waals surface area contributed by atoms with Gasteiger partial charge in [-0.25, -0.2) is 4.79 Å². The molecule has 4 unspecified atom stereocenters. The van der Waals surface area contributed by atoms with Crippen LogP contribution in [0.2, 0.25) is 0 Å². The van der Waals surface area contributed by atoms with Crippen molar-refractivity contribution in [1.29, 1.82) is 0 Å². The topological polar surface area (TPSA) is 240 Å². The maximum absolute atomic E-state index is 13.2. The summed E-state index contributed by atoms with van der Waals surface area (Å²) in [5.74, 6) is -4.70. The zero-order chi connectivity index (χ0) is 32.9. The number of aliphatic hydroxyl groups is 1. The van der Waals surface area contributed by atoms with E-state index in [4.69, 9.17) is 5.73 Å². The molecular weight excluding hydrogens is 588 g/mol. The van der Waals surface area contributed by atoms with Crippen LogP contribution >= 0.6 is 0 Å². The molecule has 0 saturated carbocycles. The molecule has 3 rings (SSSR count). The summed E-state index contributed by atoms with van der Waals surface area (Å²) in [6, 6.07) is 10.1. The van der Waals surface area contributed by atoms with Gasteiger partial charge in [0.2, 0.25) is 29.5 Å². The summed E-state index contributed by atoms with van der Waals surface area (Å²) in [5, 5.41) is 38.2. The number of carboxylic acid groups (broad SMARTS) is 1. The second kappa shape index (κ2) is 16.7. The van der Waals surface area contributed by atoms with Crippen LogP contribution in [0.3, 0.4) is 0 Å². The third-order valence-corrected chi connectivity index (χ3v) is 7.15. The van der Waals surface area contributed by atoms with Crippen molar-refractivity contribution in [3.63, 3.8) is 0 Å². The maximum Gasteiger partial charge on any atom is 0.326 e. The minimum Gasteiger partial charge on any atom is -0.508 e. The summed E-state index contributed by atoms with van der Waals surface area (Å²) in [6.07, 6.45) is 0.891. The van der Waals surface area contributed by atoms with Gasteiger partial charge in [-0.1, -0.05) is 42.5 Å². The normalized spacial score (nSPS) is 16.1. The highest BCUT2D eigenvalue weighted by molar-refractivity contribution is 5.95. The van der Waals surface area contributed by atoms with Gasteiger partial charge in [-0.3, -0.25) is 24.0 Å². The summed E-state index contributed by atoms with van der Waals surface area (Å²) in [6.45, 7) is -1.63. The number of carboxylic acids is 1. The Balaban J connectivity index is 1.54. The number of rotatable bonds is 15. The summed E-state index contributed by atoms with van der Waals surface area (Å²) < 4.78 is 0. The minimum atomic E-state index is -1.43. The monoisotopic (exact) mass is 626 g/mol. The smallest absolute Gasteiger partial charge is 0.326 e. The van der Waals surface area contributed by atoms with Crippen LogP contribution in [-0.4, -0.2) is 106 Å². The Morgan fingerprint density at radius 1 is 0.822 bits per heavy atom. The van der Waals surface area contributed by atoms with Crippen LogP contribution in [0, 0.1) is 0 Å². The van der Waals surface area contributed by atoms with E-state index in [0.29, 0.717) is 17.5 Å². The molecule has 15 nitrogen and oxygen atoms in total. The standard InChI is InChI=1S/C30H38N6O9/c31-21(13-19-8-10-20(38)11-9-19)27(41)33-15-25(39)32-16-26(40)34-22(14-18-5-2-1-3-6-18)28(42)35-23(17-37)29(43)36-12-4-7-24(36)30(44)45/h1-3,5-6,8-11,21-24,37-38H,4,7,12-17,31H2,(H,32,39)(H,33,41)(H,34,40)(H,35,42)(H,44,45). The zero-order valence-electron chi connectivity index (χ0n) is 24.5. The highest BCUT2D eigenvalue weighted by Gasteiger charge is 2.38. The molecule has 1 heterocycles. The Morgan fingerprint density at radius 3 is 2.11 bits per heavy atom. The molecule has 2 aromatic rings. The van der Waals surface area contributed by atoms with Gasteiger partial charge in [0.1, 0.15) is 23.9 Å². The molecule has 1 saturated heterocycles. The average molecular weight is 627 g/mol. The van der Waals surface area contributed by atoms with Gasteiger partial charge in [0.25, 0.3) is 0 Å². The largest absolute Gasteiger partial charge is 0.508 e. The lowest BCUT2D eigenvalue weighted by Gasteiger charge is -2.27. The number of hydrogen-bond donors (Lipinski definition) is 8. The van der Waals surface area contributed by atoms with Gasteiger partial charge in [-0.15, -0.1) is 0 Å². The number of nitrogens with one attached hydrogen (secondary N) is 4. The van der Waals surface area contributed by atoms with Gasteiger partial charge < -0.3 is 47.2 Å². The Morgan fingerprint density at radius 2 is 1.47 bits per heavy atom. The van der Waals surface area contributed by atoms with Crippen LogP contribution in [0.1, 0.15) is 24.0 Å². The number of benzene rings is 2. The molecule has 5 amide bonds. The van der Waals surface area contributed by atoms with Crippen molar-refractivity contribution >= 4 is 35.5 Å². The van der Waals surface area contributed by atoms with Crippen LogP contribution in [0.25, 0.3) is 0 Å². The van der Waals surface area contributed by atoms with Crippen LogP contribution in [0.5, 0.6) is 5.75 Å². The molecule has 0 aromatic heterocycles. The van der Waals surface area contributed by atoms with Crippen molar-refractivity contribution in [3.05, 3.63) is 65.7 Å². The predicted molar refractivity (Wildman–Crippen MR) is 159 cm³/mol. The number of likely N-dealkylation sites (tertiary alicyclic amines) is 1. The van der Waals surface area contributed by atoms with Crippen LogP contribution in [0.4, 0.5) is 0 Å². The zero-order valence-corrected chi connectivity index (χ0v) is 24.5. The van der Waals surface area contributed by atoms with Crippen molar-refractivity contribution in [1.82, 2.24) is 26.2 Å². The Kier molecular flexibility index (Phi) is 12.8. The predicted octanol–water partition coefficient (Wildman–Crippen LogP) is -2.23. The first kappa shape index (κ1) is 34.5. The first-order valence-electron chi connectivity index (χ1n) is 14.3. The van der Waals surface area contributed by atoms with Crippen molar-refractivity contribution < 1.29 is 44.1 Å². The number of nitrogens with zero attached hydrogens (tertiary/aromatic N) is 1. The van der Waals surface area contributed by atoms with E-state index in [1.807, 2.05) is 0 Å². The van der Waals surface area contributed by atoms with Crippen LogP contribution in [0.15, 0.2) is 54.6 Å². The van der Waals surface area contributed by atoms with Gasteiger partial charge in [0.05, 0.1) is 25.7 Å². The third kappa shape index (κ3) is 10.6. The third-order valence-electron chi connectivity index (χ3n) is 7.15. The van der Waals surface area contributed by atoms with Crippen molar-refractivity contribution in [2.45, 2.75) is 49.9 Å². The van der Waals surface area contributed by atoms with Gasteiger partial charge in [-0.2, -0.15) is 0 Å². The first-order chi connectivity index (χ1) is 21.5. The highest BCUT2D eigenvalue weighted by atomic mass is 16.4. The number of aliphatic hydroxyl groups excluding tert-OH is 1. The second-order valence-corrected chi connectivity index (χ2v) is 10.6. The lowest BCUT2D eigenvalue weighted by Crippen LogP contribution is -2.58. The van der Waals surface area contributed by atoms with Gasteiger partial charge in [0.15, 0.2) is 0 Å². The number of phenolic OH excluding ortho intramolecular Hbond substituents is 1. The number of hydrogen-bond acceptors (Lipinski definition) is 9. The molecule has 2 aromatic carbocycles. The fourth-order valence-electron chi connectivity index (χ4n) is 4.77. The van der Waals surface area contributed by atoms with Crippen molar-refractivity contribution in [2.24, 2.45) is 5.73 Å². The van der Waals surface area contributed by atoms with E-state index in [1.54, 1.807) is 42.5 Å². The SMILES string of the molecule is NC(Cc1ccc(O)cc1)C(=O)NCC(=O)NCC(=O)NC(Cc1ccccc1)C(=O)NC(CO)C(=O)N1CCCC1C(=O)O. The number of carbonyl (C=O) groups is 6. The molecule has 242 valence electrons. The molecule has 15 heteroatoms. The molecule has 4 atom stereocenters. The number of phenols is 1. The molecule has 0 aliphatic carbocycles. The molecular formula is C30H38N6O9. The van der Waals surface area contributed by atoms with Crippen LogP contribution in [-0.2, 0) is 41.6 Å². The lowest BCUT2D eigenvalue weighted by atomic mass is 10.0. The molecule has 45 heavy (non-hydrogen) atoms. The Labute approximate surface area is 259 Å². The van der Waals surface area contributed by atoms with E-state index in [2.05, 4.69) is 21.3 Å². The van der Waals surface area contributed by atoms with Crippen LogP contribution < -0.4 is 27.0 Å². The highest BCUT2D eigenvalue weighted by Crippen LogP contribution is 2.18. The summed E-state index contributed by atoms with van der Waals surface area (Å²) in [4.78, 5) is 76.1. The lowest BCUT2D eigenvalue weighted by molar-refractivity contribution is -0.150. The van der Waals surface area contributed by atoms with E-state index < -0.39 is 79.4 Å². The molecule has 1 fully saturated rings. The summed E-state index contributed by atoms with van der Waals surface area (Å²) in [5.41, 5.74) is 7.27. The van der Waals surface area contributed by atoms with Gasteiger partial charge >= 0.3 is 5.97 Å². The maximum atomic E-state index is 13.2. The summed E-state index contributed by atoms with van der Waals surface area (Å²) >= 11 is 0. The number of nitrogens with two attached hydrogens (primary N) is 1. The second-order valence-electron chi connectivity index (χ2n) is 10.6. The summed E-state index contributed by atoms with van der Waals surface area (Å²) in [7, 11) is 0. The molecule has 0 radical (unpaired) electrons. The molecule has 9 N–H and O–H groups in total. The van der Waals surface area contributed by atoms with Crippen molar-refractivity contribution in [2.75, 3.05) is 26.2 Å². The van der Waals surface area contributed by atoms with Gasteiger partial charge in [0, 0.05) is 13.0 Å². The average Bonchev–Trinajstić information content (AvgIpc) is 3.53. The van der Waals surface area contributed by atoms with Crippen molar-refractivity contribution in [3.8, 4) is 5.75 Å². The minimum absolute atomic E-state index is 0.00907. The quantitative estimate of drug-likeness (QED) is 0.106. The number of carbonyl (C=O) groups excluding carboxylic acids is 5. The first-order valence-corrected chi connectivity index (χ1v) is 14.3.